The van der Waals surface area contributed by atoms with E-state index in [1.165, 1.54) is 6.20 Å². The van der Waals surface area contributed by atoms with Gasteiger partial charge in [-0.15, -0.1) is 0 Å². The van der Waals surface area contributed by atoms with Crippen LogP contribution in [0.1, 0.15) is 36.0 Å². The molecule has 0 saturated heterocycles. The van der Waals surface area contributed by atoms with E-state index in [0.717, 1.165) is 12.8 Å². The third-order valence-corrected chi connectivity index (χ3v) is 3.28. The molecule has 1 aromatic rings. The van der Waals surface area contributed by atoms with Crippen molar-refractivity contribution in [1.82, 2.24) is 10.3 Å². The highest BCUT2D eigenvalue weighted by Crippen LogP contribution is 2.24. The Balaban J connectivity index is 1.93. The first-order chi connectivity index (χ1) is 8.66. The molecule has 1 aliphatic rings. The summed E-state index contributed by atoms with van der Waals surface area (Å²) in [4.78, 5) is 26.7. The van der Waals surface area contributed by atoms with Crippen LogP contribution in [0.3, 0.4) is 0 Å². The molecule has 1 aromatic heterocycles. The zero-order valence-corrected chi connectivity index (χ0v) is 10.0. The molecule has 5 heteroatoms. The van der Waals surface area contributed by atoms with Gasteiger partial charge in [-0.05, 0) is 31.4 Å². The monoisotopic (exact) mass is 248 g/mol. The summed E-state index contributed by atoms with van der Waals surface area (Å²) in [5.41, 5.74) is 0.509. The van der Waals surface area contributed by atoms with Crippen LogP contribution in [0.4, 0.5) is 0 Å². The summed E-state index contributed by atoms with van der Waals surface area (Å²) >= 11 is 0. The fourth-order valence-corrected chi connectivity index (χ4v) is 2.31. The number of pyridine rings is 1. The van der Waals surface area contributed by atoms with Crippen molar-refractivity contribution in [1.29, 1.82) is 0 Å². The average molecular weight is 248 g/mol. The molecular weight excluding hydrogens is 232 g/mol. The summed E-state index contributed by atoms with van der Waals surface area (Å²) in [5.74, 6) is -1.28. The van der Waals surface area contributed by atoms with E-state index in [4.69, 9.17) is 5.11 Å². The van der Waals surface area contributed by atoms with E-state index < -0.39 is 5.97 Å². The molecule has 0 aromatic carbocycles. The number of nitrogens with one attached hydrogen (secondary N) is 1. The molecule has 96 valence electrons. The van der Waals surface area contributed by atoms with Crippen LogP contribution >= 0.6 is 0 Å². The van der Waals surface area contributed by atoms with Gasteiger partial charge in [0.2, 0.25) is 0 Å². The molecule has 1 amide bonds. The van der Waals surface area contributed by atoms with Crippen molar-refractivity contribution in [3.63, 3.8) is 0 Å². The quantitative estimate of drug-likeness (QED) is 0.848. The maximum atomic E-state index is 11.9. The third kappa shape index (κ3) is 3.06. The van der Waals surface area contributed by atoms with Crippen LogP contribution in [-0.4, -0.2) is 28.0 Å². The largest absolute Gasteiger partial charge is 0.481 e. The number of rotatable bonds is 3. The Morgan fingerprint density at radius 3 is 2.89 bits per heavy atom. The third-order valence-electron chi connectivity index (χ3n) is 3.28. The smallest absolute Gasteiger partial charge is 0.306 e. The van der Waals surface area contributed by atoms with E-state index in [1.807, 2.05) is 0 Å². The van der Waals surface area contributed by atoms with Crippen molar-refractivity contribution in [2.75, 3.05) is 0 Å². The number of aromatic nitrogens is 1. The van der Waals surface area contributed by atoms with Crippen molar-refractivity contribution >= 4 is 11.9 Å². The van der Waals surface area contributed by atoms with Gasteiger partial charge in [-0.25, -0.2) is 0 Å². The Bertz CT molecular complexity index is 433. The first-order valence-corrected chi connectivity index (χ1v) is 6.10. The summed E-state index contributed by atoms with van der Waals surface area (Å²) < 4.78 is 0. The summed E-state index contributed by atoms with van der Waals surface area (Å²) in [6.45, 7) is 0. The minimum Gasteiger partial charge on any atom is -0.481 e. The maximum Gasteiger partial charge on any atom is 0.306 e. The van der Waals surface area contributed by atoms with Crippen molar-refractivity contribution in [2.24, 2.45) is 5.92 Å². The molecule has 0 bridgehead atoms. The lowest BCUT2D eigenvalue weighted by atomic mass is 9.85. The van der Waals surface area contributed by atoms with Gasteiger partial charge in [-0.2, -0.15) is 0 Å². The van der Waals surface area contributed by atoms with Gasteiger partial charge in [0.1, 0.15) is 0 Å². The summed E-state index contributed by atoms with van der Waals surface area (Å²) in [6.07, 6.45) is 6.02. The van der Waals surface area contributed by atoms with E-state index in [0.29, 0.717) is 18.4 Å². The molecule has 2 atom stereocenters. The number of carboxylic acid groups (broad SMARTS) is 1. The van der Waals surface area contributed by atoms with E-state index >= 15 is 0 Å². The van der Waals surface area contributed by atoms with E-state index in [1.54, 1.807) is 18.3 Å². The van der Waals surface area contributed by atoms with Crippen LogP contribution < -0.4 is 5.32 Å². The minimum atomic E-state index is -0.768. The number of amides is 1. The Kier molecular flexibility index (Phi) is 3.92. The second-order valence-corrected chi connectivity index (χ2v) is 4.61. The highest BCUT2D eigenvalue weighted by Gasteiger charge is 2.27. The molecule has 2 rings (SSSR count). The van der Waals surface area contributed by atoms with E-state index in [-0.39, 0.29) is 17.9 Å². The normalized spacial score (nSPS) is 23.3. The van der Waals surface area contributed by atoms with E-state index in [2.05, 4.69) is 10.3 Å². The number of carboxylic acids is 1. The van der Waals surface area contributed by atoms with Gasteiger partial charge in [0.05, 0.1) is 11.5 Å². The van der Waals surface area contributed by atoms with E-state index in [9.17, 15) is 9.59 Å². The summed E-state index contributed by atoms with van der Waals surface area (Å²) in [7, 11) is 0. The highest BCUT2D eigenvalue weighted by atomic mass is 16.4. The lowest BCUT2D eigenvalue weighted by molar-refractivity contribution is -0.143. The molecular formula is C13H16N2O3. The number of carbonyl (C=O) groups excluding carboxylic acids is 1. The Morgan fingerprint density at radius 2 is 2.22 bits per heavy atom. The summed E-state index contributed by atoms with van der Waals surface area (Å²) in [6, 6.07) is 3.35. The molecule has 1 saturated carbocycles. The predicted molar refractivity (Wildman–Crippen MR) is 65.1 cm³/mol. The molecule has 2 N–H and O–H groups in total. The number of aliphatic carboxylic acids is 1. The van der Waals surface area contributed by atoms with Crippen LogP contribution in [0.2, 0.25) is 0 Å². The Morgan fingerprint density at radius 1 is 1.39 bits per heavy atom. The predicted octanol–water partition coefficient (Wildman–Crippen LogP) is 1.45. The topological polar surface area (TPSA) is 79.3 Å². The number of nitrogens with zero attached hydrogens (tertiary/aromatic N) is 1. The zero-order valence-electron chi connectivity index (χ0n) is 10.0. The molecule has 1 fully saturated rings. The van der Waals surface area contributed by atoms with Crippen LogP contribution in [0.15, 0.2) is 24.5 Å². The summed E-state index contributed by atoms with van der Waals surface area (Å²) in [5, 5.41) is 11.9. The molecule has 1 aliphatic carbocycles. The van der Waals surface area contributed by atoms with Gasteiger partial charge in [-0.1, -0.05) is 6.42 Å². The van der Waals surface area contributed by atoms with Crippen LogP contribution in [0.25, 0.3) is 0 Å². The minimum absolute atomic E-state index is 0.0486. The number of hydrogen-bond acceptors (Lipinski definition) is 3. The van der Waals surface area contributed by atoms with Crippen LogP contribution in [0, 0.1) is 5.92 Å². The van der Waals surface area contributed by atoms with Gasteiger partial charge in [0.25, 0.3) is 5.91 Å². The standard InChI is InChI=1S/C13H16N2O3/c16-12(10-4-2-6-14-8-10)15-11-5-1-3-9(7-11)13(17)18/h2,4,6,8-9,11H,1,3,5,7H2,(H,15,16)(H,17,18). The van der Waals surface area contributed by atoms with Crippen LogP contribution in [-0.2, 0) is 4.79 Å². The van der Waals surface area contributed by atoms with Crippen molar-refractivity contribution < 1.29 is 14.7 Å². The Labute approximate surface area is 105 Å². The maximum absolute atomic E-state index is 11.9. The van der Waals surface area contributed by atoms with Gasteiger partial charge in [-0.3, -0.25) is 14.6 Å². The van der Waals surface area contributed by atoms with Crippen LogP contribution in [0.5, 0.6) is 0 Å². The lowest BCUT2D eigenvalue weighted by Gasteiger charge is -2.27. The lowest BCUT2D eigenvalue weighted by Crippen LogP contribution is -2.39. The van der Waals surface area contributed by atoms with Gasteiger partial charge in [0.15, 0.2) is 0 Å². The molecule has 0 spiro atoms. The fraction of sp³-hybridized carbons (Fsp3) is 0.462. The zero-order chi connectivity index (χ0) is 13.0. The first kappa shape index (κ1) is 12.5. The average Bonchev–Trinajstić information content (AvgIpc) is 2.40. The van der Waals surface area contributed by atoms with Gasteiger partial charge < -0.3 is 10.4 Å². The first-order valence-electron chi connectivity index (χ1n) is 6.10. The van der Waals surface area contributed by atoms with Crippen molar-refractivity contribution in [2.45, 2.75) is 31.7 Å². The Hall–Kier alpha value is -1.91. The van der Waals surface area contributed by atoms with Crippen molar-refractivity contribution in [3.8, 4) is 0 Å². The second-order valence-electron chi connectivity index (χ2n) is 4.61. The molecule has 2 unspecified atom stereocenters. The molecule has 0 aliphatic heterocycles. The molecule has 5 nitrogen and oxygen atoms in total. The molecule has 18 heavy (non-hydrogen) atoms. The fourth-order valence-electron chi connectivity index (χ4n) is 2.31. The van der Waals surface area contributed by atoms with Gasteiger partial charge in [0, 0.05) is 18.4 Å². The molecule has 1 heterocycles. The SMILES string of the molecule is O=C(NC1CCCC(C(=O)O)C1)c1cccnc1. The van der Waals surface area contributed by atoms with Crippen molar-refractivity contribution in [3.05, 3.63) is 30.1 Å². The number of carbonyl (C=O) groups is 2. The van der Waals surface area contributed by atoms with Gasteiger partial charge >= 0.3 is 5.97 Å². The highest BCUT2D eigenvalue weighted by molar-refractivity contribution is 5.94. The number of hydrogen-bond donors (Lipinski definition) is 2. The second kappa shape index (κ2) is 5.62. The molecule has 0 radical (unpaired) electrons.